The highest BCUT2D eigenvalue weighted by atomic mass is 32.2. The van der Waals surface area contributed by atoms with Gasteiger partial charge < -0.3 is 9.40 Å². The Kier molecular flexibility index (Phi) is 7.10. The van der Waals surface area contributed by atoms with E-state index in [2.05, 4.69) is 176 Å². The first-order valence-corrected chi connectivity index (χ1v) is 20.2. The van der Waals surface area contributed by atoms with Crippen LogP contribution < -0.4 is 9.78 Å². The van der Waals surface area contributed by atoms with E-state index in [0.717, 1.165) is 50.0 Å². The summed E-state index contributed by atoms with van der Waals surface area (Å²) in [6.07, 6.45) is 0. The molecule has 1 aliphatic carbocycles. The Labute approximate surface area is 334 Å². The van der Waals surface area contributed by atoms with Crippen LogP contribution in [-0.4, -0.2) is 4.98 Å². The molecule has 0 atom stereocenters. The summed E-state index contributed by atoms with van der Waals surface area (Å²) in [5.41, 5.74) is 14.6. The summed E-state index contributed by atoms with van der Waals surface area (Å²) < 4.78 is 8.81. The minimum absolute atomic E-state index is 0.452. The second-order valence-corrected chi connectivity index (χ2v) is 16.0. The fourth-order valence-electron chi connectivity index (χ4n) is 9.25. The molecule has 3 heterocycles. The van der Waals surface area contributed by atoms with E-state index < -0.39 is 5.41 Å². The van der Waals surface area contributed by atoms with Crippen molar-refractivity contribution in [2.24, 2.45) is 0 Å². The maximum absolute atomic E-state index is 6.77. The third-order valence-corrected chi connectivity index (χ3v) is 12.9. The smallest absolute Gasteiger partial charge is 0.135 e. The predicted molar refractivity (Wildman–Crippen MR) is 228 cm³/mol. The molecule has 1 spiro atoms. The van der Waals surface area contributed by atoms with E-state index in [1.54, 1.807) is 0 Å². The Morgan fingerprint density at radius 1 is 0.491 bits per heavy atom. The van der Waals surface area contributed by atoms with Gasteiger partial charge in [-0.2, -0.15) is 0 Å². The largest absolute Gasteiger partial charge is 0.456 e. The Balaban J connectivity index is 1.02. The Morgan fingerprint density at radius 2 is 1.09 bits per heavy atom. The lowest BCUT2D eigenvalue weighted by atomic mass is 9.67. The van der Waals surface area contributed by atoms with Crippen molar-refractivity contribution in [3.63, 3.8) is 0 Å². The van der Waals surface area contributed by atoms with Gasteiger partial charge in [-0.25, -0.2) is 0 Å². The van der Waals surface area contributed by atoms with Crippen molar-refractivity contribution in [1.29, 1.82) is 0 Å². The molecule has 0 radical (unpaired) electrons. The van der Waals surface area contributed by atoms with Gasteiger partial charge in [0.2, 0.25) is 0 Å². The quantitative estimate of drug-likeness (QED) is 0.164. The highest BCUT2D eigenvalue weighted by Gasteiger charge is 2.50. The van der Waals surface area contributed by atoms with Crippen molar-refractivity contribution >= 4 is 33.7 Å². The maximum Gasteiger partial charge on any atom is 0.135 e. The van der Waals surface area contributed by atoms with Crippen LogP contribution in [0.2, 0.25) is 0 Å². The van der Waals surface area contributed by atoms with Crippen molar-refractivity contribution in [2.45, 2.75) is 21.8 Å². The Hall–Kier alpha value is -6.95. The van der Waals surface area contributed by atoms with Crippen molar-refractivity contribution in [3.05, 3.63) is 216 Å². The van der Waals surface area contributed by atoms with Gasteiger partial charge in [-0.15, -0.1) is 0 Å². The molecule has 0 bridgehead atoms. The molecule has 0 fully saturated rings. The molecule has 2 aromatic heterocycles. The molecule has 12 rings (SSSR count). The SMILES string of the molecule is c1ccc(C[n+]2[n-]c(-c3ccc(-c4ccccc4)cc3)nc2-c2ccc3oc4cc5c(cc4c3c2)Sc2ccccc2C52c3ccccc3-c3ccccc32)cc1. The van der Waals surface area contributed by atoms with Gasteiger partial charge in [0, 0.05) is 26.1 Å². The van der Waals surface area contributed by atoms with Crippen LogP contribution in [0.1, 0.15) is 27.8 Å². The van der Waals surface area contributed by atoms with E-state index in [1.807, 2.05) is 28.6 Å². The van der Waals surface area contributed by atoms with Crippen molar-refractivity contribution < 1.29 is 9.10 Å². The molecule has 4 nitrogen and oxygen atoms in total. The molecule has 57 heavy (non-hydrogen) atoms. The number of benzene rings is 8. The van der Waals surface area contributed by atoms with Crippen LogP contribution in [0.15, 0.2) is 202 Å². The standard InChI is InChI=1S/C52H33N3OS/c1-3-13-33(14-4-1)32-55-51(53-50(54-55)36-25-23-35(24-26-36)34-15-5-2-6-16-34)37-27-28-46-40(29-37)41-30-49-45(31-47(41)56-46)52(44-21-11-12-22-48(44)57-49)42-19-9-7-17-38(42)39-18-8-10-20-43(39)52/h1-31H,32H2. The van der Waals surface area contributed by atoms with E-state index in [4.69, 9.17) is 14.5 Å². The molecule has 5 heteroatoms. The normalized spacial score (nSPS) is 13.4. The van der Waals surface area contributed by atoms with Crippen LogP contribution in [0.25, 0.3) is 67.0 Å². The summed E-state index contributed by atoms with van der Waals surface area (Å²) in [4.78, 5) is 7.75. The Bertz CT molecular complexity index is 3140. The summed E-state index contributed by atoms with van der Waals surface area (Å²) >= 11 is 1.86. The molecule has 10 aromatic rings. The number of hydrogen-bond donors (Lipinski definition) is 0. The maximum atomic E-state index is 6.77. The summed E-state index contributed by atoms with van der Waals surface area (Å²) in [5, 5.41) is 7.28. The highest BCUT2D eigenvalue weighted by Crippen LogP contribution is 2.62. The number of fused-ring (bicyclic) bond motifs is 12. The van der Waals surface area contributed by atoms with E-state index in [1.165, 1.54) is 48.7 Å². The molecule has 0 saturated carbocycles. The molecular weight excluding hydrogens is 715 g/mol. The van der Waals surface area contributed by atoms with Crippen LogP contribution in [0.4, 0.5) is 0 Å². The molecular formula is C52H33N3OS. The number of nitrogens with zero attached hydrogens (tertiary/aromatic N) is 3. The number of rotatable bonds is 5. The molecule has 2 aliphatic rings. The zero-order valence-corrected chi connectivity index (χ0v) is 31.6. The highest BCUT2D eigenvalue weighted by molar-refractivity contribution is 7.99. The third kappa shape index (κ3) is 4.89. The number of aromatic nitrogens is 3. The molecule has 1 aliphatic heterocycles. The van der Waals surface area contributed by atoms with Gasteiger partial charge in [-0.3, -0.25) is 9.78 Å². The zero-order chi connectivity index (χ0) is 37.5. The summed E-state index contributed by atoms with van der Waals surface area (Å²) in [5.74, 6) is 1.51. The predicted octanol–water partition coefficient (Wildman–Crippen LogP) is 12.1. The minimum Gasteiger partial charge on any atom is -0.456 e. The minimum atomic E-state index is -0.452. The lowest BCUT2D eigenvalue weighted by Crippen LogP contribution is -2.40. The van der Waals surface area contributed by atoms with E-state index in [-0.39, 0.29) is 0 Å². The van der Waals surface area contributed by atoms with Gasteiger partial charge in [0.1, 0.15) is 23.5 Å². The zero-order valence-electron chi connectivity index (χ0n) is 30.8. The van der Waals surface area contributed by atoms with Crippen molar-refractivity contribution in [1.82, 2.24) is 10.1 Å². The average Bonchev–Trinajstić information content (AvgIpc) is 3.94. The van der Waals surface area contributed by atoms with Crippen molar-refractivity contribution in [2.75, 3.05) is 0 Å². The Morgan fingerprint density at radius 3 is 1.84 bits per heavy atom. The molecule has 0 amide bonds. The second kappa shape index (κ2) is 12.5. The molecule has 8 aromatic carbocycles. The molecule has 268 valence electrons. The van der Waals surface area contributed by atoms with Crippen LogP contribution in [0.5, 0.6) is 0 Å². The van der Waals surface area contributed by atoms with Gasteiger partial charge in [0.15, 0.2) is 0 Å². The van der Waals surface area contributed by atoms with Crippen LogP contribution in [0.3, 0.4) is 0 Å². The molecule has 0 N–H and O–H groups in total. The van der Waals surface area contributed by atoms with E-state index in [0.29, 0.717) is 12.4 Å². The van der Waals surface area contributed by atoms with Gasteiger partial charge >= 0.3 is 0 Å². The summed E-state index contributed by atoms with van der Waals surface area (Å²) in [6, 6.07) is 67.4. The first-order valence-electron chi connectivity index (χ1n) is 19.3. The van der Waals surface area contributed by atoms with Gasteiger partial charge in [0.25, 0.3) is 0 Å². The van der Waals surface area contributed by atoms with Crippen LogP contribution in [0, 0.1) is 0 Å². The summed E-state index contributed by atoms with van der Waals surface area (Å²) in [7, 11) is 0. The fraction of sp³-hybridized carbons (Fsp3) is 0.0385. The molecule has 0 saturated heterocycles. The van der Waals surface area contributed by atoms with Gasteiger partial charge in [-0.1, -0.05) is 163 Å². The summed E-state index contributed by atoms with van der Waals surface area (Å²) in [6.45, 7) is 0.601. The monoisotopic (exact) mass is 747 g/mol. The van der Waals surface area contributed by atoms with Crippen LogP contribution >= 0.6 is 11.8 Å². The van der Waals surface area contributed by atoms with E-state index >= 15 is 0 Å². The number of hydrogen-bond acceptors (Lipinski definition) is 3. The van der Waals surface area contributed by atoms with Gasteiger partial charge in [-0.05, 0) is 97.9 Å². The first kappa shape index (κ1) is 32.3. The number of furan rings is 1. The first-order chi connectivity index (χ1) is 28.2. The molecule has 0 unspecified atom stereocenters. The lowest BCUT2D eigenvalue weighted by molar-refractivity contribution is -0.737. The second-order valence-electron chi connectivity index (χ2n) is 14.9. The topological polar surface area (TPSA) is 44.0 Å². The van der Waals surface area contributed by atoms with Crippen LogP contribution in [-0.2, 0) is 12.0 Å². The van der Waals surface area contributed by atoms with E-state index in [9.17, 15) is 0 Å². The fourth-order valence-corrected chi connectivity index (χ4v) is 10.5. The lowest BCUT2D eigenvalue weighted by Gasteiger charge is -2.39. The van der Waals surface area contributed by atoms with Crippen molar-refractivity contribution in [3.8, 4) is 45.0 Å². The third-order valence-electron chi connectivity index (χ3n) is 11.8. The van der Waals surface area contributed by atoms with Gasteiger partial charge in [0.05, 0.1) is 5.41 Å². The average molecular weight is 748 g/mol.